The molecule has 0 aliphatic rings. The van der Waals surface area contributed by atoms with Crippen LogP contribution in [0.1, 0.15) is 37.0 Å². The molecule has 0 aliphatic heterocycles. The zero-order chi connectivity index (χ0) is 16.9. The van der Waals surface area contributed by atoms with Gasteiger partial charge >= 0.3 is 0 Å². The predicted molar refractivity (Wildman–Crippen MR) is 99.8 cm³/mol. The van der Waals surface area contributed by atoms with Crippen LogP contribution in [0.4, 0.5) is 0 Å². The number of halogens is 1. The molecule has 2 heterocycles. The lowest BCUT2D eigenvalue weighted by Gasteiger charge is -2.18. The molecule has 0 saturated carbocycles. The molecule has 0 aliphatic carbocycles. The molecule has 1 aromatic carbocycles. The Hall–Kier alpha value is -1.91. The van der Waals surface area contributed by atoms with Crippen molar-refractivity contribution in [3.8, 4) is 16.3 Å². The number of ether oxygens (including phenoxy) is 1. The van der Waals surface area contributed by atoms with Gasteiger partial charge in [-0.25, -0.2) is 0 Å². The molecule has 3 nitrogen and oxygen atoms in total. The van der Waals surface area contributed by atoms with Crippen molar-refractivity contribution in [2.24, 2.45) is 0 Å². The third-order valence-electron chi connectivity index (χ3n) is 3.83. The van der Waals surface area contributed by atoms with Crippen LogP contribution < -0.4 is 4.74 Å². The lowest BCUT2D eigenvalue weighted by molar-refractivity contribution is 0.200. The summed E-state index contributed by atoms with van der Waals surface area (Å²) in [7, 11) is 0. The van der Waals surface area contributed by atoms with Crippen molar-refractivity contribution in [1.29, 1.82) is 0 Å². The summed E-state index contributed by atoms with van der Waals surface area (Å²) in [6.45, 7) is 4.18. The number of hydrogen-bond donors (Lipinski definition) is 0. The van der Waals surface area contributed by atoms with Crippen LogP contribution in [-0.2, 0) is 0 Å². The summed E-state index contributed by atoms with van der Waals surface area (Å²) in [5.74, 6) is 0. The van der Waals surface area contributed by atoms with Gasteiger partial charge in [0.25, 0.3) is 0 Å². The third kappa shape index (κ3) is 3.94. The summed E-state index contributed by atoms with van der Waals surface area (Å²) in [6.07, 6.45) is 5.54. The highest BCUT2D eigenvalue weighted by Gasteiger charge is 2.16. The number of hydrogen-bond acceptors (Lipinski definition) is 4. The Balaban J connectivity index is 1.81. The molecule has 0 radical (unpaired) electrons. The second kappa shape index (κ2) is 7.77. The molecule has 5 heteroatoms. The highest BCUT2D eigenvalue weighted by Crippen LogP contribution is 2.33. The highest BCUT2D eigenvalue weighted by molar-refractivity contribution is 7.08. The van der Waals surface area contributed by atoms with E-state index in [9.17, 15) is 0 Å². The van der Waals surface area contributed by atoms with Crippen molar-refractivity contribution in [1.82, 2.24) is 9.36 Å². The van der Waals surface area contributed by atoms with Gasteiger partial charge in [-0.3, -0.25) is 4.98 Å². The van der Waals surface area contributed by atoms with Gasteiger partial charge in [0.15, 0.2) is 5.06 Å². The summed E-state index contributed by atoms with van der Waals surface area (Å²) in [5, 5.41) is 1.61. The van der Waals surface area contributed by atoms with Crippen LogP contribution in [0.25, 0.3) is 11.3 Å². The summed E-state index contributed by atoms with van der Waals surface area (Å²) >= 11 is 7.52. The maximum atomic E-state index is 6.24. The monoisotopic (exact) mass is 358 g/mol. The molecular weight excluding hydrogens is 340 g/mol. The fourth-order valence-electron chi connectivity index (χ4n) is 2.54. The normalized spacial score (nSPS) is 12.1. The maximum Gasteiger partial charge on any atom is 0.194 e. The number of rotatable bonds is 6. The first-order valence-electron chi connectivity index (χ1n) is 7.97. The first kappa shape index (κ1) is 16.9. The number of aromatic nitrogens is 2. The first-order chi connectivity index (χ1) is 11.7. The van der Waals surface area contributed by atoms with E-state index in [4.69, 9.17) is 16.3 Å². The van der Waals surface area contributed by atoms with Gasteiger partial charge in [0.05, 0.1) is 5.69 Å². The van der Waals surface area contributed by atoms with E-state index in [0.29, 0.717) is 0 Å². The Morgan fingerprint density at radius 3 is 2.67 bits per heavy atom. The van der Waals surface area contributed by atoms with Gasteiger partial charge < -0.3 is 4.74 Å². The Kier molecular flexibility index (Phi) is 5.48. The van der Waals surface area contributed by atoms with Crippen LogP contribution in [-0.4, -0.2) is 9.36 Å². The molecule has 0 spiro atoms. The summed E-state index contributed by atoms with van der Waals surface area (Å²) < 4.78 is 10.7. The van der Waals surface area contributed by atoms with Gasteiger partial charge in [-0.1, -0.05) is 37.1 Å². The van der Waals surface area contributed by atoms with Gasteiger partial charge in [-0.2, -0.15) is 4.37 Å². The first-order valence-corrected chi connectivity index (χ1v) is 9.12. The minimum Gasteiger partial charge on any atom is -0.475 e. The topological polar surface area (TPSA) is 35.0 Å². The van der Waals surface area contributed by atoms with Crippen molar-refractivity contribution < 1.29 is 4.74 Å². The van der Waals surface area contributed by atoms with Crippen molar-refractivity contribution in [3.63, 3.8) is 0 Å². The van der Waals surface area contributed by atoms with Gasteiger partial charge in [-0.05, 0) is 42.7 Å². The molecule has 2 aromatic heterocycles. The zero-order valence-electron chi connectivity index (χ0n) is 13.7. The van der Waals surface area contributed by atoms with Gasteiger partial charge in [0.1, 0.15) is 6.10 Å². The van der Waals surface area contributed by atoms with Crippen LogP contribution in [0.15, 0.2) is 48.8 Å². The quantitative estimate of drug-likeness (QED) is 0.535. The van der Waals surface area contributed by atoms with E-state index < -0.39 is 0 Å². The van der Waals surface area contributed by atoms with Crippen LogP contribution >= 0.6 is 23.1 Å². The average molecular weight is 359 g/mol. The Bertz CT molecular complexity index is 804. The number of pyridine rings is 1. The van der Waals surface area contributed by atoms with E-state index in [2.05, 4.69) is 22.3 Å². The van der Waals surface area contributed by atoms with E-state index in [1.54, 1.807) is 12.4 Å². The van der Waals surface area contributed by atoms with E-state index in [1.165, 1.54) is 11.5 Å². The number of nitrogens with zero attached hydrogens (tertiary/aromatic N) is 2. The molecule has 0 amide bonds. The van der Waals surface area contributed by atoms with Crippen molar-refractivity contribution >= 4 is 23.1 Å². The van der Waals surface area contributed by atoms with Crippen molar-refractivity contribution in [2.45, 2.75) is 32.8 Å². The Labute approximate surface area is 151 Å². The van der Waals surface area contributed by atoms with Crippen LogP contribution in [0.5, 0.6) is 5.06 Å². The minimum atomic E-state index is 0.0108. The second-order valence-corrected chi connectivity index (χ2v) is 6.85. The largest absolute Gasteiger partial charge is 0.475 e. The highest BCUT2D eigenvalue weighted by atomic mass is 35.5. The fraction of sp³-hybridized carbons (Fsp3) is 0.263. The molecule has 24 heavy (non-hydrogen) atoms. The zero-order valence-corrected chi connectivity index (χ0v) is 15.3. The third-order valence-corrected chi connectivity index (χ3v) is 4.93. The van der Waals surface area contributed by atoms with E-state index in [1.807, 2.05) is 37.3 Å². The Morgan fingerprint density at radius 1 is 1.17 bits per heavy atom. The lowest BCUT2D eigenvalue weighted by Crippen LogP contribution is -2.07. The smallest absolute Gasteiger partial charge is 0.194 e. The molecule has 1 atom stereocenters. The van der Waals surface area contributed by atoms with Gasteiger partial charge in [-0.15, -0.1) is 0 Å². The lowest BCUT2D eigenvalue weighted by atomic mass is 10.0. The molecule has 0 fully saturated rings. The fourth-order valence-corrected chi connectivity index (χ4v) is 3.32. The second-order valence-electron chi connectivity index (χ2n) is 5.67. The van der Waals surface area contributed by atoms with Crippen LogP contribution in [0.2, 0.25) is 5.02 Å². The van der Waals surface area contributed by atoms with Crippen molar-refractivity contribution in [2.75, 3.05) is 0 Å². The molecule has 3 rings (SSSR count). The summed E-state index contributed by atoms with van der Waals surface area (Å²) in [6, 6.07) is 12.0. The predicted octanol–water partition coefficient (Wildman–Crippen LogP) is 6.09. The molecule has 0 bridgehead atoms. The van der Waals surface area contributed by atoms with Gasteiger partial charge in [0.2, 0.25) is 0 Å². The van der Waals surface area contributed by atoms with Crippen LogP contribution in [0.3, 0.4) is 0 Å². The molecule has 0 saturated heterocycles. The number of benzene rings is 1. The molecule has 0 N–H and O–H groups in total. The Morgan fingerprint density at radius 2 is 1.96 bits per heavy atom. The number of aryl methyl sites for hydroxylation is 1. The minimum absolute atomic E-state index is 0.0108. The molecule has 3 aromatic rings. The average Bonchev–Trinajstić information content (AvgIpc) is 3.06. The summed E-state index contributed by atoms with van der Waals surface area (Å²) in [5.41, 5.74) is 4.18. The SMILES string of the molecule is CCCC(Oc1cc(-c2ccncc2)ns1)c1ccc(Cl)c(C)c1. The van der Waals surface area contributed by atoms with Crippen LogP contribution in [0, 0.1) is 6.92 Å². The van der Waals surface area contributed by atoms with E-state index >= 15 is 0 Å². The molecular formula is C19H19ClN2OS. The summed E-state index contributed by atoms with van der Waals surface area (Å²) in [4.78, 5) is 4.04. The molecule has 1 unspecified atom stereocenters. The van der Waals surface area contributed by atoms with Crippen molar-refractivity contribution in [3.05, 3.63) is 64.9 Å². The maximum absolute atomic E-state index is 6.24. The van der Waals surface area contributed by atoms with Gasteiger partial charge in [0, 0.05) is 40.6 Å². The van der Waals surface area contributed by atoms with E-state index in [-0.39, 0.29) is 6.10 Å². The standard InChI is InChI=1S/C19H19ClN2OS/c1-3-4-18(15-5-6-16(20)13(2)11-15)23-19-12-17(22-24-19)14-7-9-21-10-8-14/h5-12,18H,3-4H2,1-2H3. The molecule has 124 valence electrons. The van der Waals surface area contributed by atoms with E-state index in [0.717, 1.165) is 45.3 Å².